The number of ether oxygens (including phenoxy) is 1. The third-order valence-corrected chi connectivity index (χ3v) is 2.84. The van der Waals surface area contributed by atoms with Crippen LogP contribution in [0.1, 0.15) is 5.56 Å². The maximum Gasteiger partial charge on any atom is 0.0735 e. The topological polar surface area (TPSA) is 9.23 Å². The average molecular weight is 280 g/mol. The molecule has 0 aliphatic rings. The summed E-state index contributed by atoms with van der Waals surface area (Å²) >= 11 is 6.88. The Balaban J connectivity index is 3.00. The van der Waals surface area contributed by atoms with Crippen molar-refractivity contribution in [1.29, 1.82) is 0 Å². The molecule has 0 aromatic heterocycles. The molecular weight excluding hydrogens is 272 g/mol. The van der Waals surface area contributed by atoms with E-state index in [0.717, 1.165) is 14.5 Å². The van der Waals surface area contributed by atoms with Crippen molar-refractivity contribution >= 4 is 31.9 Å². The average Bonchev–Trinajstić information content (AvgIpc) is 1.97. The van der Waals surface area contributed by atoms with E-state index in [2.05, 4.69) is 31.9 Å². The van der Waals surface area contributed by atoms with Crippen LogP contribution in [0.25, 0.3) is 0 Å². The summed E-state index contributed by atoms with van der Waals surface area (Å²) in [4.78, 5) is 0. The monoisotopic (exact) mass is 278 g/mol. The van der Waals surface area contributed by atoms with Crippen LogP contribution in [0.15, 0.2) is 27.1 Å². The molecule has 0 fully saturated rings. The number of methoxy groups -OCH3 is 1. The van der Waals surface area contributed by atoms with Gasteiger partial charge in [-0.15, -0.1) is 0 Å². The molecule has 0 saturated carbocycles. The summed E-state index contributed by atoms with van der Waals surface area (Å²) in [5.41, 5.74) is 1.15. The van der Waals surface area contributed by atoms with Crippen molar-refractivity contribution in [3.8, 4) is 0 Å². The summed E-state index contributed by atoms with van der Waals surface area (Å²) in [5, 5.41) is 0. The largest absolute Gasteiger partial charge is 0.380 e. The molecule has 0 heterocycles. The van der Waals surface area contributed by atoms with E-state index < -0.39 is 0 Å². The summed E-state index contributed by atoms with van der Waals surface area (Å²) in [6, 6.07) is 5.98. The van der Waals surface area contributed by atoms with Gasteiger partial charge >= 0.3 is 0 Å². The van der Waals surface area contributed by atoms with Crippen LogP contribution in [-0.2, 0) is 11.3 Å². The molecule has 0 radical (unpaired) electrons. The highest BCUT2D eigenvalue weighted by Gasteiger charge is 2.02. The molecule has 1 rings (SSSR count). The first-order chi connectivity index (χ1) is 5.25. The van der Waals surface area contributed by atoms with Crippen LogP contribution in [0.2, 0.25) is 0 Å². The molecular formula is C8H8Br2O. The van der Waals surface area contributed by atoms with E-state index in [4.69, 9.17) is 4.74 Å². The Morgan fingerprint density at radius 3 is 2.27 bits per heavy atom. The van der Waals surface area contributed by atoms with Gasteiger partial charge in [-0.05, 0) is 12.1 Å². The zero-order valence-corrected chi connectivity index (χ0v) is 9.28. The number of rotatable bonds is 2. The van der Waals surface area contributed by atoms with Gasteiger partial charge in [0, 0.05) is 21.6 Å². The minimum atomic E-state index is 0.627. The molecule has 3 heteroatoms. The molecule has 0 saturated heterocycles. The van der Waals surface area contributed by atoms with Gasteiger partial charge in [0.1, 0.15) is 0 Å². The molecule has 60 valence electrons. The SMILES string of the molecule is COCc1c(Br)cccc1Br. The Bertz CT molecular complexity index is 228. The van der Waals surface area contributed by atoms with Crippen LogP contribution < -0.4 is 0 Å². The van der Waals surface area contributed by atoms with Gasteiger partial charge in [-0.25, -0.2) is 0 Å². The lowest BCUT2D eigenvalue weighted by Gasteiger charge is -2.04. The van der Waals surface area contributed by atoms with Gasteiger partial charge in [-0.2, -0.15) is 0 Å². The fourth-order valence-electron chi connectivity index (χ4n) is 0.815. The molecule has 0 spiro atoms. The lowest BCUT2D eigenvalue weighted by molar-refractivity contribution is 0.184. The van der Waals surface area contributed by atoms with E-state index in [1.54, 1.807) is 7.11 Å². The lowest BCUT2D eigenvalue weighted by Crippen LogP contribution is -1.89. The summed E-state index contributed by atoms with van der Waals surface area (Å²) in [6.45, 7) is 0.627. The lowest BCUT2D eigenvalue weighted by atomic mass is 10.2. The van der Waals surface area contributed by atoms with E-state index >= 15 is 0 Å². The molecule has 1 aromatic carbocycles. The van der Waals surface area contributed by atoms with Crippen molar-refractivity contribution in [2.24, 2.45) is 0 Å². The normalized spacial score (nSPS) is 10.1. The molecule has 0 amide bonds. The first-order valence-electron chi connectivity index (χ1n) is 3.17. The predicted molar refractivity (Wildman–Crippen MR) is 52.6 cm³/mol. The maximum absolute atomic E-state index is 5.03. The zero-order chi connectivity index (χ0) is 8.27. The van der Waals surface area contributed by atoms with Gasteiger partial charge in [-0.1, -0.05) is 37.9 Å². The van der Waals surface area contributed by atoms with E-state index in [-0.39, 0.29) is 0 Å². The number of benzene rings is 1. The van der Waals surface area contributed by atoms with E-state index in [1.165, 1.54) is 0 Å². The van der Waals surface area contributed by atoms with Gasteiger partial charge in [0.2, 0.25) is 0 Å². The highest BCUT2D eigenvalue weighted by Crippen LogP contribution is 2.25. The Morgan fingerprint density at radius 2 is 1.82 bits per heavy atom. The third kappa shape index (κ3) is 2.29. The van der Waals surface area contributed by atoms with E-state index in [0.29, 0.717) is 6.61 Å². The second kappa shape index (κ2) is 4.24. The number of hydrogen-bond acceptors (Lipinski definition) is 1. The first-order valence-corrected chi connectivity index (χ1v) is 4.76. The number of hydrogen-bond donors (Lipinski definition) is 0. The van der Waals surface area contributed by atoms with Crippen molar-refractivity contribution in [3.63, 3.8) is 0 Å². The Morgan fingerprint density at radius 1 is 1.27 bits per heavy atom. The standard InChI is InChI=1S/C8H8Br2O/c1-11-5-6-7(9)3-2-4-8(6)10/h2-4H,5H2,1H3. The van der Waals surface area contributed by atoms with Crippen LogP contribution in [-0.4, -0.2) is 7.11 Å². The van der Waals surface area contributed by atoms with Crippen molar-refractivity contribution in [3.05, 3.63) is 32.7 Å². The second-order valence-corrected chi connectivity index (χ2v) is 3.84. The summed E-state index contributed by atoms with van der Waals surface area (Å²) in [5.74, 6) is 0. The molecule has 0 aliphatic heterocycles. The molecule has 11 heavy (non-hydrogen) atoms. The van der Waals surface area contributed by atoms with Gasteiger partial charge in [0.25, 0.3) is 0 Å². The fourth-order valence-corrected chi connectivity index (χ4v) is 2.04. The van der Waals surface area contributed by atoms with E-state index in [1.807, 2.05) is 18.2 Å². The van der Waals surface area contributed by atoms with Crippen molar-refractivity contribution < 1.29 is 4.74 Å². The van der Waals surface area contributed by atoms with Gasteiger partial charge < -0.3 is 4.74 Å². The fraction of sp³-hybridized carbons (Fsp3) is 0.250. The zero-order valence-electron chi connectivity index (χ0n) is 6.10. The van der Waals surface area contributed by atoms with Crippen LogP contribution in [0, 0.1) is 0 Å². The first kappa shape index (κ1) is 9.23. The molecule has 0 aliphatic carbocycles. The Hall–Kier alpha value is 0.140. The van der Waals surface area contributed by atoms with Crippen LogP contribution in [0.3, 0.4) is 0 Å². The van der Waals surface area contributed by atoms with Gasteiger partial charge in [-0.3, -0.25) is 0 Å². The smallest absolute Gasteiger partial charge is 0.0735 e. The molecule has 0 bridgehead atoms. The maximum atomic E-state index is 5.03. The van der Waals surface area contributed by atoms with Crippen molar-refractivity contribution in [1.82, 2.24) is 0 Å². The van der Waals surface area contributed by atoms with E-state index in [9.17, 15) is 0 Å². The molecule has 0 N–H and O–H groups in total. The highest BCUT2D eigenvalue weighted by atomic mass is 79.9. The summed E-state index contributed by atoms with van der Waals surface area (Å²) < 4.78 is 7.18. The third-order valence-electron chi connectivity index (χ3n) is 1.35. The highest BCUT2D eigenvalue weighted by molar-refractivity contribution is 9.11. The Labute approximate surface area is 83.0 Å². The van der Waals surface area contributed by atoms with Crippen LogP contribution >= 0.6 is 31.9 Å². The van der Waals surface area contributed by atoms with Crippen LogP contribution in [0.5, 0.6) is 0 Å². The predicted octanol–water partition coefficient (Wildman–Crippen LogP) is 3.36. The minimum Gasteiger partial charge on any atom is -0.380 e. The van der Waals surface area contributed by atoms with Gasteiger partial charge in [0.15, 0.2) is 0 Å². The molecule has 1 aromatic rings. The number of halogens is 2. The molecule has 0 atom stereocenters. The molecule has 1 nitrogen and oxygen atoms in total. The minimum absolute atomic E-state index is 0.627. The van der Waals surface area contributed by atoms with Crippen molar-refractivity contribution in [2.45, 2.75) is 6.61 Å². The van der Waals surface area contributed by atoms with Crippen molar-refractivity contribution in [2.75, 3.05) is 7.11 Å². The second-order valence-electron chi connectivity index (χ2n) is 2.13. The Kier molecular flexibility index (Phi) is 3.55. The van der Waals surface area contributed by atoms with Gasteiger partial charge in [0.05, 0.1) is 6.61 Å². The quantitative estimate of drug-likeness (QED) is 0.807. The van der Waals surface area contributed by atoms with Crippen LogP contribution in [0.4, 0.5) is 0 Å². The molecule has 0 unspecified atom stereocenters. The summed E-state index contributed by atoms with van der Waals surface area (Å²) in [7, 11) is 1.69. The summed E-state index contributed by atoms with van der Waals surface area (Å²) in [6.07, 6.45) is 0.